The molecule has 5 rings (SSSR count). The average Bonchev–Trinajstić information content (AvgIpc) is 3.23. The number of hydrogen-bond donors (Lipinski definition) is 1. The molecule has 0 aliphatic heterocycles. The van der Waals surface area contributed by atoms with Crippen LogP contribution in [0.15, 0.2) is 12.2 Å². The molecule has 0 aromatic rings. The molecule has 0 heterocycles. The first kappa shape index (κ1) is 18.4. The van der Waals surface area contributed by atoms with Gasteiger partial charge in [-0.15, -0.1) is 0 Å². The van der Waals surface area contributed by atoms with Crippen molar-refractivity contribution in [2.24, 2.45) is 44.8 Å². The highest BCUT2D eigenvalue weighted by Crippen LogP contribution is 2.87. The number of allylic oxidation sites excluding steroid dienone is 2. The Bertz CT molecular complexity index is 724. The highest BCUT2D eigenvalue weighted by atomic mass is 16.1. The van der Waals surface area contributed by atoms with Gasteiger partial charge in [-0.1, -0.05) is 33.8 Å². The Kier molecular flexibility index (Phi) is 3.47. The fourth-order valence-electron chi connectivity index (χ4n) is 9.71. The first-order valence-electron chi connectivity index (χ1n) is 11.5. The molecule has 0 aromatic carbocycles. The highest BCUT2D eigenvalue weighted by Gasteiger charge is 2.83. The maximum Gasteiger partial charge on any atom is 0.162 e. The van der Waals surface area contributed by atoms with Crippen LogP contribution < -0.4 is 5.32 Å². The largest absolute Gasteiger partial charge is 0.317 e. The Labute approximate surface area is 165 Å². The van der Waals surface area contributed by atoms with Gasteiger partial charge in [-0.25, -0.2) is 0 Å². The van der Waals surface area contributed by atoms with Crippen LogP contribution in [0.3, 0.4) is 0 Å². The topological polar surface area (TPSA) is 29.1 Å². The molecule has 0 amide bonds. The van der Waals surface area contributed by atoms with Crippen molar-refractivity contribution >= 4 is 5.78 Å². The van der Waals surface area contributed by atoms with E-state index in [0.717, 1.165) is 11.8 Å². The van der Waals surface area contributed by atoms with Crippen LogP contribution in [0.1, 0.15) is 79.6 Å². The van der Waals surface area contributed by atoms with Gasteiger partial charge in [0.1, 0.15) is 0 Å². The Morgan fingerprint density at radius 2 is 1.70 bits per heavy atom. The third-order valence-corrected chi connectivity index (χ3v) is 11.4. The standard InChI is InChI=1S/C25H39NO/c1-16(26-6)17-9-12-23(5)19-8-7-18-21(2,3)11-10-20(27)25(18)15-24(19,25)14-13-22(17,23)4/h10-11,16-19,26H,7-9,12-15H2,1-6H3/t16-,17-,18+,19-,22-,23+,24+,25-/m1/s1. The minimum Gasteiger partial charge on any atom is -0.317 e. The van der Waals surface area contributed by atoms with Gasteiger partial charge >= 0.3 is 0 Å². The quantitative estimate of drug-likeness (QED) is 0.708. The normalized spacial score (nSPS) is 55.9. The lowest BCUT2D eigenvalue weighted by Crippen LogP contribution is -2.57. The number of carbonyl (C=O) groups is 1. The van der Waals surface area contributed by atoms with E-state index in [-0.39, 0.29) is 10.8 Å². The van der Waals surface area contributed by atoms with Gasteiger partial charge in [0.05, 0.1) is 0 Å². The molecule has 0 bridgehead atoms. The van der Waals surface area contributed by atoms with Gasteiger partial charge in [-0.3, -0.25) is 4.79 Å². The zero-order valence-electron chi connectivity index (χ0n) is 18.3. The van der Waals surface area contributed by atoms with Crippen LogP contribution in [-0.2, 0) is 4.79 Å². The summed E-state index contributed by atoms with van der Waals surface area (Å²) in [6.45, 7) is 12.4. The molecule has 150 valence electrons. The predicted octanol–water partition coefficient (Wildman–Crippen LogP) is 5.38. The van der Waals surface area contributed by atoms with Crippen molar-refractivity contribution in [3.63, 3.8) is 0 Å². The number of ketones is 1. The lowest BCUT2D eigenvalue weighted by molar-refractivity contribution is -0.148. The number of rotatable bonds is 2. The average molecular weight is 370 g/mol. The molecule has 2 spiro atoms. The van der Waals surface area contributed by atoms with Crippen molar-refractivity contribution in [3.8, 4) is 0 Å². The Morgan fingerprint density at radius 3 is 2.41 bits per heavy atom. The van der Waals surface area contributed by atoms with E-state index in [4.69, 9.17) is 0 Å². The van der Waals surface area contributed by atoms with Crippen LogP contribution in [-0.4, -0.2) is 18.9 Å². The van der Waals surface area contributed by atoms with Gasteiger partial charge in [0.25, 0.3) is 0 Å². The molecule has 2 nitrogen and oxygen atoms in total. The fourth-order valence-corrected chi connectivity index (χ4v) is 9.71. The van der Waals surface area contributed by atoms with Crippen LogP contribution in [0.2, 0.25) is 0 Å². The first-order valence-corrected chi connectivity index (χ1v) is 11.5. The van der Waals surface area contributed by atoms with Gasteiger partial charge in [0, 0.05) is 11.5 Å². The minimum atomic E-state index is -0.00871. The Hall–Kier alpha value is -0.630. The molecule has 8 atom stereocenters. The second kappa shape index (κ2) is 5.10. The van der Waals surface area contributed by atoms with Crippen LogP contribution >= 0.6 is 0 Å². The molecule has 0 aromatic heterocycles. The molecule has 4 fully saturated rings. The van der Waals surface area contributed by atoms with E-state index in [1.165, 1.54) is 44.9 Å². The van der Waals surface area contributed by atoms with Crippen molar-refractivity contribution in [2.45, 2.75) is 85.6 Å². The van der Waals surface area contributed by atoms with Gasteiger partial charge in [0.2, 0.25) is 0 Å². The Balaban J connectivity index is 1.57. The highest BCUT2D eigenvalue weighted by molar-refractivity contribution is 6.00. The third-order valence-electron chi connectivity index (χ3n) is 11.4. The van der Waals surface area contributed by atoms with E-state index in [9.17, 15) is 4.79 Å². The fraction of sp³-hybridized carbons (Fsp3) is 0.880. The first-order chi connectivity index (χ1) is 12.6. The molecular weight excluding hydrogens is 330 g/mol. The lowest BCUT2D eigenvalue weighted by Gasteiger charge is -2.61. The molecule has 1 N–H and O–H groups in total. The zero-order valence-corrected chi connectivity index (χ0v) is 18.3. The second-order valence-corrected chi connectivity index (χ2v) is 12.1. The predicted molar refractivity (Wildman–Crippen MR) is 110 cm³/mol. The molecule has 4 saturated carbocycles. The molecular formula is C25H39NO. The van der Waals surface area contributed by atoms with E-state index in [2.05, 4.69) is 53.1 Å². The number of hydrogen-bond acceptors (Lipinski definition) is 2. The SMILES string of the molecule is CN[C@H](C)[C@H]1CC[C@@]2(C)[C@H]3CC[C@H]4C(C)(C)C=CC(=O)[C@@]45C[C@@]35CC[C@]12C. The third kappa shape index (κ3) is 1.82. The summed E-state index contributed by atoms with van der Waals surface area (Å²) in [5.41, 5.74) is 1.32. The summed E-state index contributed by atoms with van der Waals surface area (Å²) in [4.78, 5) is 13.3. The summed E-state index contributed by atoms with van der Waals surface area (Å²) in [7, 11) is 2.13. The maximum atomic E-state index is 13.3. The van der Waals surface area contributed by atoms with E-state index in [0.29, 0.717) is 34.0 Å². The van der Waals surface area contributed by atoms with Crippen LogP contribution in [0.25, 0.3) is 0 Å². The van der Waals surface area contributed by atoms with E-state index in [1.807, 2.05) is 6.08 Å². The van der Waals surface area contributed by atoms with Crippen LogP contribution in [0.4, 0.5) is 0 Å². The molecule has 2 heteroatoms. The van der Waals surface area contributed by atoms with Gasteiger partial charge < -0.3 is 5.32 Å². The molecule has 5 aliphatic rings. The molecule has 0 unspecified atom stereocenters. The summed E-state index contributed by atoms with van der Waals surface area (Å²) in [5.74, 6) is 2.58. The van der Waals surface area contributed by atoms with Gasteiger partial charge in [0.15, 0.2) is 5.78 Å². The van der Waals surface area contributed by atoms with Crippen molar-refractivity contribution in [1.29, 1.82) is 0 Å². The number of nitrogens with one attached hydrogen (secondary N) is 1. The van der Waals surface area contributed by atoms with E-state index < -0.39 is 0 Å². The van der Waals surface area contributed by atoms with Crippen molar-refractivity contribution in [2.75, 3.05) is 7.05 Å². The summed E-state index contributed by atoms with van der Waals surface area (Å²) < 4.78 is 0. The smallest absolute Gasteiger partial charge is 0.162 e. The van der Waals surface area contributed by atoms with E-state index >= 15 is 0 Å². The summed E-state index contributed by atoms with van der Waals surface area (Å²) >= 11 is 0. The summed E-state index contributed by atoms with van der Waals surface area (Å²) in [5, 5.41) is 3.57. The molecule has 0 saturated heterocycles. The molecule has 5 aliphatic carbocycles. The monoisotopic (exact) mass is 369 g/mol. The van der Waals surface area contributed by atoms with Crippen LogP contribution in [0, 0.1) is 44.8 Å². The zero-order chi connectivity index (χ0) is 19.5. The second-order valence-electron chi connectivity index (χ2n) is 12.1. The molecule has 27 heavy (non-hydrogen) atoms. The summed E-state index contributed by atoms with van der Waals surface area (Å²) in [6.07, 6.45) is 13.3. The number of fused-ring (bicyclic) bond motifs is 2. The van der Waals surface area contributed by atoms with E-state index in [1.54, 1.807) is 0 Å². The van der Waals surface area contributed by atoms with Crippen molar-refractivity contribution in [3.05, 3.63) is 12.2 Å². The minimum absolute atomic E-state index is 0.00871. The maximum absolute atomic E-state index is 13.3. The lowest BCUT2D eigenvalue weighted by atomic mass is 9.42. The van der Waals surface area contributed by atoms with Crippen molar-refractivity contribution < 1.29 is 4.79 Å². The molecule has 0 radical (unpaired) electrons. The van der Waals surface area contributed by atoms with Gasteiger partial charge in [-0.2, -0.15) is 0 Å². The number of carbonyl (C=O) groups excluding carboxylic acids is 1. The van der Waals surface area contributed by atoms with Crippen molar-refractivity contribution in [1.82, 2.24) is 5.32 Å². The summed E-state index contributed by atoms with van der Waals surface area (Å²) in [6, 6.07) is 0.591. The van der Waals surface area contributed by atoms with Gasteiger partial charge in [-0.05, 0) is 104 Å². The Morgan fingerprint density at radius 1 is 1.00 bits per heavy atom. The van der Waals surface area contributed by atoms with Crippen LogP contribution in [0.5, 0.6) is 0 Å².